The van der Waals surface area contributed by atoms with Gasteiger partial charge >= 0.3 is 0 Å². The van der Waals surface area contributed by atoms with Crippen molar-refractivity contribution in [1.29, 1.82) is 0 Å². The smallest absolute Gasteiger partial charge is 0.226 e. The van der Waals surface area contributed by atoms with Crippen LogP contribution in [0.15, 0.2) is 23.4 Å². The van der Waals surface area contributed by atoms with Crippen LogP contribution in [-0.2, 0) is 9.84 Å². The number of aromatic amines is 1. The summed E-state index contributed by atoms with van der Waals surface area (Å²) >= 11 is 0. The lowest BCUT2D eigenvalue weighted by molar-refractivity contribution is 0.580. The Hall–Kier alpha value is -1.36. The zero-order valence-corrected chi connectivity index (χ0v) is 10.3. The molecule has 2 rings (SSSR count). The van der Waals surface area contributed by atoms with E-state index < -0.39 is 15.1 Å². The third-order valence-corrected chi connectivity index (χ3v) is 4.48. The minimum absolute atomic E-state index is 0.0584. The number of benzene rings is 1. The van der Waals surface area contributed by atoms with Gasteiger partial charge in [-0.3, -0.25) is 0 Å². The minimum Gasteiger partial charge on any atom is -0.329 e. The molecule has 0 aliphatic rings. The summed E-state index contributed by atoms with van der Waals surface area (Å²) in [4.78, 5) is 6.96. The van der Waals surface area contributed by atoms with Crippen LogP contribution in [0.4, 0.5) is 0 Å². The van der Waals surface area contributed by atoms with Gasteiger partial charge in [0, 0.05) is 0 Å². The molecule has 0 bridgehead atoms. The average molecular weight is 238 g/mol. The number of hydrogen-bond donors (Lipinski definition) is 1. The van der Waals surface area contributed by atoms with Gasteiger partial charge in [0.1, 0.15) is 0 Å². The molecule has 0 spiro atoms. The predicted molar refractivity (Wildman–Crippen MR) is 63.2 cm³/mol. The van der Waals surface area contributed by atoms with E-state index in [-0.39, 0.29) is 5.16 Å². The van der Waals surface area contributed by atoms with Crippen LogP contribution in [0.5, 0.6) is 0 Å². The van der Waals surface area contributed by atoms with E-state index in [2.05, 4.69) is 9.97 Å². The SMILES string of the molecule is Cc1ccc2nc(S(=O)(=O)C(C)C)[nH]c2c1. The Labute approximate surface area is 94.6 Å². The number of hydrogen-bond acceptors (Lipinski definition) is 3. The van der Waals surface area contributed by atoms with E-state index in [4.69, 9.17) is 0 Å². The van der Waals surface area contributed by atoms with Crippen molar-refractivity contribution < 1.29 is 8.42 Å². The number of H-pyrrole nitrogens is 1. The second kappa shape index (κ2) is 3.59. The first kappa shape index (κ1) is 11.1. The van der Waals surface area contributed by atoms with Gasteiger partial charge in [0.25, 0.3) is 0 Å². The maximum Gasteiger partial charge on any atom is 0.226 e. The van der Waals surface area contributed by atoms with Gasteiger partial charge in [0.2, 0.25) is 15.0 Å². The second-order valence-corrected chi connectivity index (χ2v) is 6.58. The summed E-state index contributed by atoms with van der Waals surface area (Å²) in [6.07, 6.45) is 0. The molecule has 16 heavy (non-hydrogen) atoms. The van der Waals surface area contributed by atoms with Crippen LogP contribution in [0.25, 0.3) is 11.0 Å². The van der Waals surface area contributed by atoms with Crippen LogP contribution in [0.2, 0.25) is 0 Å². The summed E-state index contributed by atoms with van der Waals surface area (Å²) in [7, 11) is -3.32. The molecule has 1 heterocycles. The molecule has 4 nitrogen and oxygen atoms in total. The van der Waals surface area contributed by atoms with Crippen molar-refractivity contribution >= 4 is 20.9 Å². The van der Waals surface area contributed by atoms with Crippen LogP contribution in [0, 0.1) is 6.92 Å². The molecule has 0 aliphatic carbocycles. The number of nitrogens with one attached hydrogen (secondary N) is 1. The first-order valence-electron chi connectivity index (χ1n) is 5.11. The Bertz CT molecular complexity index is 626. The molecule has 0 saturated heterocycles. The van der Waals surface area contributed by atoms with Crippen molar-refractivity contribution in [2.75, 3.05) is 0 Å². The van der Waals surface area contributed by atoms with Gasteiger partial charge in [0.05, 0.1) is 16.3 Å². The zero-order chi connectivity index (χ0) is 11.9. The third-order valence-electron chi connectivity index (χ3n) is 2.51. The highest BCUT2D eigenvalue weighted by atomic mass is 32.2. The van der Waals surface area contributed by atoms with Gasteiger partial charge < -0.3 is 4.98 Å². The number of sulfone groups is 1. The molecule has 2 aromatic rings. The van der Waals surface area contributed by atoms with E-state index in [0.717, 1.165) is 11.1 Å². The first-order valence-corrected chi connectivity index (χ1v) is 6.66. The predicted octanol–water partition coefficient (Wildman–Crippen LogP) is 2.05. The Morgan fingerprint density at radius 2 is 2.00 bits per heavy atom. The Balaban J connectivity index is 2.65. The maximum atomic E-state index is 11.9. The van der Waals surface area contributed by atoms with Crippen LogP contribution >= 0.6 is 0 Å². The largest absolute Gasteiger partial charge is 0.329 e. The minimum atomic E-state index is -3.32. The van der Waals surface area contributed by atoms with Gasteiger partial charge in [0.15, 0.2) is 0 Å². The highest BCUT2D eigenvalue weighted by Crippen LogP contribution is 2.18. The fourth-order valence-electron chi connectivity index (χ4n) is 1.46. The molecule has 0 atom stereocenters. The summed E-state index contributed by atoms with van der Waals surface area (Å²) in [5, 5.41) is -0.405. The fraction of sp³-hybridized carbons (Fsp3) is 0.364. The molecule has 0 saturated carbocycles. The van der Waals surface area contributed by atoms with E-state index in [0.29, 0.717) is 5.52 Å². The molecular formula is C11H14N2O2S. The van der Waals surface area contributed by atoms with Crippen molar-refractivity contribution in [2.45, 2.75) is 31.2 Å². The number of nitrogens with zero attached hydrogens (tertiary/aromatic N) is 1. The molecule has 0 aliphatic heterocycles. The van der Waals surface area contributed by atoms with E-state index in [1.807, 2.05) is 25.1 Å². The number of rotatable bonds is 2. The lowest BCUT2D eigenvalue weighted by Gasteiger charge is -2.02. The molecule has 5 heteroatoms. The van der Waals surface area contributed by atoms with Gasteiger partial charge in [-0.1, -0.05) is 6.07 Å². The monoisotopic (exact) mass is 238 g/mol. The zero-order valence-electron chi connectivity index (χ0n) is 9.48. The standard InChI is InChI=1S/C11H14N2O2S/c1-7(2)16(14,15)11-12-9-5-4-8(3)6-10(9)13-11/h4-7H,1-3H3,(H,12,13). The highest BCUT2D eigenvalue weighted by molar-refractivity contribution is 7.91. The summed E-state index contributed by atoms with van der Waals surface area (Å²) in [6, 6.07) is 5.62. The number of imidazole rings is 1. The molecule has 0 radical (unpaired) electrons. The van der Waals surface area contributed by atoms with Gasteiger partial charge in [-0.05, 0) is 38.5 Å². The van der Waals surface area contributed by atoms with Gasteiger partial charge in [-0.25, -0.2) is 13.4 Å². The van der Waals surface area contributed by atoms with Crippen molar-refractivity contribution in [3.05, 3.63) is 23.8 Å². The molecule has 0 unspecified atom stereocenters. The highest BCUT2D eigenvalue weighted by Gasteiger charge is 2.22. The van der Waals surface area contributed by atoms with Crippen molar-refractivity contribution in [1.82, 2.24) is 9.97 Å². The molecule has 0 amide bonds. The van der Waals surface area contributed by atoms with Crippen LogP contribution in [-0.4, -0.2) is 23.6 Å². The topological polar surface area (TPSA) is 62.8 Å². The van der Waals surface area contributed by atoms with Crippen LogP contribution < -0.4 is 0 Å². The molecule has 1 aromatic heterocycles. The molecule has 0 fully saturated rings. The summed E-state index contributed by atoms with van der Waals surface area (Å²) in [5.74, 6) is 0. The molecule has 1 aromatic carbocycles. The van der Waals surface area contributed by atoms with Crippen LogP contribution in [0.3, 0.4) is 0 Å². The lowest BCUT2D eigenvalue weighted by atomic mass is 10.2. The normalized spacial score (nSPS) is 12.5. The van der Waals surface area contributed by atoms with Crippen LogP contribution in [0.1, 0.15) is 19.4 Å². The van der Waals surface area contributed by atoms with Crippen molar-refractivity contribution in [3.8, 4) is 0 Å². The van der Waals surface area contributed by atoms with E-state index in [1.165, 1.54) is 0 Å². The van der Waals surface area contributed by atoms with E-state index in [1.54, 1.807) is 13.8 Å². The maximum absolute atomic E-state index is 11.9. The van der Waals surface area contributed by atoms with Crippen molar-refractivity contribution in [3.63, 3.8) is 0 Å². The second-order valence-electron chi connectivity index (χ2n) is 4.16. The summed E-state index contributed by atoms with van der Waals surface area (Å²) in [5.41, 5.74) is 2.52. The summed E-state index contributed by atoms with van der Waals surface area (Å²) in [6.45, 7) is 5.25. The number of fused-ring (bicyclic) bond motifs is 1. The van der Waals surface area contributed by atoms with E-state index >= 15 is 0 Å². The van der Waals surface area contributed by atoms with Gasteiger partial charge in [-0.15, -0.1) is 0 Å². The lowest BCUT2D eigenvalue weighted by Crippen LogP contribution is -2.15. The Morgan fingerprint density at radius 1 is 1.31 bits per heavy atom. The quantitative estimate of drug-likeness (QED) is 0.871. The Morgan fingerprint density at radius 3 is 2.62 bits per heavy atom. The summed E-state index contributed by atoms with van der Waals surface area (Å²) < 4.78 is 23.8. The van der Waals surface area contributed by atoms with Crippen molar-refractivity contribution in [2.24, 2.45) is 0 Å². The average Bonchev–Trinajstić information content (AvgIpc) is 2.60. The number of aryl methyl sites for hydroxylation is 1. The molecular weight excluding hydrogens is 224 g/mol. The van der Waals surface area contributed by atoms with Gasteiger partial charge in [-0.2, -0.15) is 0 Å². The third kappa shape index (κ3) is 1.71. The molecule has 1 N–H and O–H groups in total. The fourth-order valence-corrected chi connectivity index (χ4v) is 2.38. The van der Waals surface area contributed by atoms with E-state index in [9.17, 15) is 8.42 Å². The molecule has 86 valence electrons. The Kier molecular flexibility index (Phi) is 2.50. The number of aromatic nitrogens is 2. The first-order chi connectivity index (χ1) is 7.41.